The minimum absolute atomic E-state index is 0.107. The molecule has 2 rings (SSSR count). The number of benzene rings is 1. The molecule has 1 aliphatic rings. The van der Waals surface area contributed by atoms with Crippen LogP contribution in [0.4, 0.5) is 5.69 Å². The van der Waals surface area contributed by atoms with E-state index in [1.807, 2.05) is 20.1 Å². The summed E-state index contributed by atoms with van der Waals surface area (Å²) in [6.07, 6.45) is 4.18. The Morgan fingerprint density at radius 2 is 2.00 bits per heavy atom. The molecule has 1 aliphatic carbocycles. The van der Waals surface area contributed by atoms with E-state index in [4.69, 9.17) is 5.73 Å². The summed E-state index contributed by atoms with van der Waals surface area (Å²) in [7, 11) is -3.48. The number of nitrogens with one attached hydrogen (secondary N) is 1. The van der Waals surface area contributed by atoms with Crippen molar-refractivity contribution in [2.24, 2.45) is 0 Å². The van der Waals surface area contributed by atoms with Crippen molar-refractivity contribution in [3.05, 3.63) is 23.3 Å². The summed E-state index contributed by atoms with van der Waals surface area (Å²) in [6.45, 7) is 4.17. The smallest absolute Gasteiger partial charge is 0.240 e. The van der Waals surface area contributed by atoms with Crippen LogP contribution < -0.4 is 10.5 Å². The SMILES string of the molecule is CSC1(CNS(=O)(=O)c2cc(N)cc(C)c2C)CC1. The van der Waals surface area contributed by atoms with Gasteiger partial charge < -0.3 is 5.73 Å². The molecule has 106 valence electrons. The van der Waals surface area contributed by atoms with Gasteiger partial charge in [-0.15, -0.1) is 0 Å². The lowest BCUT2D eigenvalue weighted by molar-refractivity contribution is 0.579. The quantitative estimate of drug-likeness (QED) is 0.817. The number of hydrogen-bond donors (Lipinski definition) is 2. The maximum atomic E-state index is 12.4. The summed E-state index contributed by atoms with van der Waals surface area (Å²) in [6, 6.07) is 3.32. The highest BCUT2D eigenvalue weighted by molar-refractivity contribution is 8.00. The second-order valence-corrected chi connectivity index (χ2v) is 8.18. The second-order valence-electron chi connectivity index (χ2n) is 5.17. The zero-order valence-corrected chi connectivity index (χ0v) is 13.1. The average molecular weight is 300 g/mol. The van der Waals surface area contributed by atoms with E-state index < -0.39 is 10.0 Å². The van der Waals surface area contributed by atoms with Crippen LogP contribution in [0.3, 0.4) is 0 Å². The Balaban J connectivity index is 2.25. The number of anilines is 1. The number of nitrogen functional groups attached to an aromatic ring is 1. The Morgan fingerprint density at radius 3 is 2.53 bits per heavy atom. The van der Waals surface area contributed by atoms with Crippen LogP contribution in [-0.2, 0) is 10.0 Å². The lowest BCUT2D eigenvalue weighted by Crippen LogP contribution is -2.32. The molecule has 0 aromatic heterocycles. The van der Waals surface area contributed by atoms with E-state index in [9.17, 15) is 8.42 Å². The average Bonchev–Trinajstić information content (AvgIpc) is 3.12. The standard InChI is InChI=1S/C13H20N2O2S2/c1-9-6-11(14)7-12(10(9)2)19(16,17)15-8-13(18-3)4-5-13/h6-7,15H,4-5,8,14H2,1-3H3. The largest absolute Gasteiger partial charge is 0.399 e. The predicted molar refractivity (Wildman–Crippen MR) is 81.0 cm³/mol. The van der Waals surface area contributed by atoms with Crippen LogP contribution in [0.15, 0.2) is 17.0 Å². The third kappa shape index (κ3) is 3.07. The molecule has 1 aromatic carbocycles. The molecule has 4 nitrogen and oxygen atoms in total. The van der Waals surface area contributed by atoms with Gasteiger partial charge in [-0.3, -0.25) is 0 Å². The van der Waals surface area contributed by atoms with Crippen molar-refractivity contribution < 1.29 is 8.42 Å². The number of thioether (sulfide) groups is 1. The highest BCUT2D eigenvalue weighted by Crippen LogP contribution is 2.46. The first kappa shape index (κ1) is 14.7. The fourth-order valence-corrected chi connectivity index (χ4v) is 4.33. The van der Waals surface area contributed by atoms with E-state index in [2.05, 4.69) is 4.72 Å². The molecule has 1 saturated carbocycles. The van der Waals surface area contributed by atoms with Crippen LogP contribution in [0, 0.1) is 13.8 Å². The molecule has 0 spiro atoms. The molecular weight excluding hydrogens is 280 g/mol. The van der Waals surface area contributed by atoms with E-state index in [0.717, 1.165) is 24.0 Å². The van der Waals surface area contributed by atoms with E-state index in [1.54, 1.807) is 17.8 Å². The fraction of sp³-hybridized carbons (Fsp3) is 0.538. The molecule has 0 bridgehead atoms. The summed E-state index contributed by atoms with van der Waals surface area (Å²) in [5, 5.41) is 0. The number of nitrogens with two attached hydrogens (primary N) is 1. The molecule has 1 fully saturated rings. The Kier molecular flexibility index (Phi) is 3.86. The summed E-state index contributed by atoms with van der Waals surface area (Å²) in [5.74, 6) is 0. The van der Waals surface area contributed by atoms with E-state index in [1.165, 1.54) is 6.07 Å². The summed E-state index contributed by atoms with van der Waals surface area (Å²) in [4.78, 5) is 0.293. The number of rotatable bonds is 5. The van der Waals surface area contributed by atoms with Gasteiger partial charge in [-0.25, -0.2) is 13.1 Å². The third-order valence-electron chi connectivity index (χ3n) is 3.76. The van der Waals surface area contributed by atoms with Crippen molar-refractivity contribution in [1.82, 2.24) is 4.72 Å². The molecule has 1 aromatic rings. The van der Waals surface area contributed by atoms with Gasteiger partial charge in [0.15, 0.2) is 0 Å². The number of aryl methyl sites for hydroxylation is 1. The molecular formula is C13H20N2O2S2. The zero-order chi connectivity index (χ0) is 14.3. The Labute approximate surface area is 119 Å². The fourth-order valence-electron chi connectivity index (χ4n) is 2.03. The monoisotopic (exact) mass is 300 g/mol. The van der Waals surface area contributed by atoms with Gasteiger partial charge >= 0.3 is 0 Å². The Morgan fingerprint density at radius 1 is 1.37 bits per heavy atom. The highest BCUT2D eigenvalue weighted by Gasteiger charge is 2.42. The van der Waals surface area contributed by atoms with Gasteiger partial charge in [0, 0.05) is 17.0 Å². The van der Waals surface area contributed by atoms with Gasteiger partial charge in [0.05, 0.1) is 4.90 Å². The predicted octanol–water partition coefficient (Wildman–Crippen LogP) is 2.06. The van der Waals surface area contributed by atoms with Gasteiger partial charge in [0.2, 0.25) is 10.0 Å². The molecule has 0 saturated heterocycles. The van der Waals surface area contributed by atoms with Gasteiger partial charge in [0.25, 0.3) is 0 Å². The molecule has 3 N–H and O–H groups in total. The highest BCUT2D eigenvalue weighted by atomic mass is 32.2. The summed E-state index contributed by atoms with van der Waals surface area (Å²) < 4.78 is 27.6. The first-order chi connectivity index (χ1) is 8.80. The Bertz CT molecular complexity index is 593. The van der Waals surface area contributed by atoms with Crippen LogP contribution in [0.1, 0.15) is 24.0 Å². The third-order valence-corrected chi connectivity index (χ3v) is 6.70. The maximum absolute atomic E-state index is 12.4. The van der Waals surface area contributed by atoms with Crippen LogP contribution in [0.2, 0.25) is 0 Å². The van der Waals surface area contributed by atoms with Gasteiger partial charge in [-0.1, -0.05) is 0 Å². The van der Waals surface area contributed by atoms with Crippen molar-refractivity contribution in [3.63, 3.8) is 0 Å². The summed E-state index contributed by atoms with van der Waals surface area (Å²) in [5.41, 5.74) is 7.88. The minimum Gasteiger partial charge on any atom is -0.399 e. The molecule has 6 heteroatoms. The lowest BCUT2D eigenvalue weighted by Gasteiger charge is -2.16. The Hall–Kier alpha value is -0.720. The number of hydrogen-bond acceptors (Lipinski definition) is 4. The van der Waals surface area contributed by atoms with E-state index >= 15 is 0 Å². The molecule has 0 amide bonds. The second kappa shape index (κ2) is 5.00. The molecule has 0 atom stereocenters. The van der Waals surface area contributed by atoms with Crippen molar-refractivity contribution in [2.45, 2.75) is 36.3 Å². The van der Waals surface area contributed by atoms with Gasteiger partial charge in [-0.05, 0) is 56.2 Å². The van der Waals surface area contributed by atoms with Crippen molar-refractivity contribution in [1.29, 1.82) is 0 Å². The first-order valence-electron chi connectivity index (χ1n) is 6.21. The normalized spacial score (nSPS) is 17.4. The number of sulfonamides is 1. The molecule has 0 aliphatic heterocycles. The molecule has 0 unspecified atom stereocenters. The molecule has 19 heavy (non-hydrogen) atoms. The molecule has 0 radical (unpaired) electrons. The van der Waals surface area contributed by atoms with Crippen LogP contribution in [0.25, 0.3) is 0 Å². The van der Waals surface area contributed by atoms with Crippen LogP contribution >= 0.6 is 11.8 Å². The van der Waals surface area contributed by atoms with Gasteiger partial charge in [0.1, 0.15) is 0 Å². The zero-order valence-electron chi connectivity index (χ0n) is 11.5. The topological polar surface area (TPSA) is 72.2 Å². The van der Waals surface area contributed by atoms with Crippen molar-refractivity contribution in [2.75, 3.05) is 18.5 Å². The van der Waals surface area contributed by atoms with Crippen molar-refractivity contribution in [3.8, 4) is 0 Å². The minimum atomic E-state index is -3.48. The van der Waals surface area contributed by atoms with E-state index in [-0.39, 0.29) is 4.75 Å². The first-order valence-corrected chi connectivity index (χ1v) is 8.92. The maximum Gasteiger partial charge on any atom is 0.240 e. The lowest BCUT2D eigenvalue weighted by atomic mass is 10.1. The summed E-state index contributed by atoms with van der Waals surface area (Å²) >= 11 is 1.73. The van der Waals surface area contributed by atoms with Crippen LogP contribution in [-0.4, -0.2) is 26.0 Å². The molecule has 0 heterocycles. The van der Waals surface area contributed by atoms with Crippen molar-refractivity contribution >= 4 is 27.5 Å². The van der Waals surface area contributed by atoms with E-state index in [0.29, 0.717) is 17.1 Å². The van der Waals surface area contributed by atoms with Crippen LogP contribution in [0.5, 0.6) is 0 Å². The van der Waals surface area contributed by atoms with Gasteiger partial charge in [-0.2, -0.15) is 11.8 Å².